The second kappa shape index (κ2) is 5.42. The molecular weight excluding hydrogens is 312 g/mol. The Morgan fingerprint density at radius 1 is 0.960 bits per heavy atom. The third-order valence-electron chi connectivity index (χ3n) is 4.86. The van der Waals surface area contributed by atoms with Gasteiger partial charge in [0.1, 0.15) is 17.4 Å². The molecule has 0 N–H and O–H groups in total. The van der Waals surface area contributed by atoms with E-state index in [4.69, 9.17) is 4.98 Å². The molecule has 0 atom stereocenters. The van der Waals surface area contributed by atoms with Crippen LogP contribution in [-0.4, -0.2) is 32.4 Å². The normalized spacial score (nSPS) is 15.1. The molecule has 0 spiro atoms. The number of rotatable bonds is 1. The molecule has 1 aliphatic rings. The lowest BCUT2D eigenvalue weighted by Gasteiger charge is -2.27. The fraction of sp³-hybridized carbons (Fsp3) is 0.263. The topological polar surface area (TPSA) is 70.1 Å². The zero-order chi connectivity index (χ0) is 16.8. The molecule has 6 nitrogen and oxygen atoms in total. The van der Waals surface area contributed by atoms with Crippen LogP contribution < -0.4 is 4.90 Å². The summed E-state index contributed by atoms with van der Waals surface area (Å²) in [5.74, 6) is 0.899. The van der Waals surface area contributed by atoms with E-state index in [1.165, 1.54) is 19.3 Å². The van der Waals surface area contributed by atoms with Crippen molar-refractivity contribution < 1.29 is 0 Å². The van der Waals surface area contributed by atoms with Gasteiger partial charge >= 0.3 is 0 Å². The van der Waals surface area contributed by atoms with Gasteiger partial charge in [-0.25, -0.2) is 15.0 Å². The van der Waals surface area contributed by atoms with E-state index in [-0.39, 0.29) is 0 Å². The van der Waals surface area contributed by atoms with Crippen molar-refractivity contribution in [2.75, 3.05) is 18.0 Å². The van der Waals surface area contributed by atoms with Gasteiger partial charge < -0.3 is 4.90 Å². The van der Waals surface area contributed by atoms with Crippen LogP contribution in [0.25, 0.3) is 27.8 Å². The van der Waals surface area contributed by atoms with Crippen LogP contribution in [0, 0.1) is 11.3 Å². The molecule has 1 fully saturated rings. The minimum atomic E-state index is 0.517. The van der Waals surface area contributed by atoms with Gasteiger partial charge in [0.2, 0.25) is 0 Å². The van der Waals surface area contributed by atoms with Gasteiger partial charge in [0.15, 0.2) is 11.3 Å². The lowest BCUT2D eigenvalue weighted by Crippen LogP contribution is -2.30. The predicted octanol–water partition coefficient (Wildman–Crippen LogP) is 3.29. The fourth-order valence-electron chi connectivity index (χ4n) is 3.63. The highest BCUT2D eigenvalue weighted by atomic mass is 15.2. The van der Waals surface area contributed by atoms with Crippen LogP contribution >= 0.6 is 0 Å². The number of para-hydroxylation sites is 2. The number of hydrogen-bond acceptors (Lipinski definition) is 5. The lowest BCUT2D eigenvalue weighted by atomic mass is 10.1. The Balaban J connectivity index is 1.85. The molecule has 1 saturated heterocycles. The number of fused-ring (bicyclic) bond motifs is 5. The first-order valence-electron chi connectivity index (χ1n) is 8.57. The summed E-state index contributed by atoms with van der Waals surface area (Å²) in [6.07, 6.45) is 5.48. The van der Waals surface area contributed by atoms with Crippen LogP contribution in [-0.2, 0) is 0 Å². The van der Waals surface area contributed by atoms with E-state index in [1.54, 1.807) is 6.07 Å². The number of nitrogens with zero attached hydrogens (tertiary/aromatic N) is 6. The third-order valence-corrected chi connectivity index (χ3v) is 4.86. The summed E-state index contributed by atoms with van der Waals surface area (Å²) in [6, 6.07) is 11.9. The molecule has 0 aliphatic carbocycles. The molecule has 0 bridgehead atoms. The van der Waals surface area contributed by atoms with E-state index in [0.29, 0.717) is 16.7 Å². The summed E-state index contributed by atoms with van der Waals surface area (Å²) in [6.45, 7) is 2.04. The van der Waals surface area contributed by atoms with Crippen LogP contribution in [0.15, 0.2) is 36.5 Å². The molecule has 5 rings (SSSR count). The number of aromatic nitrogens is 4. The molecule has 25 heavy (non-hydrogen) atoms. The first-order valence-corrected chi connectivity index (χ1v) is 8.57. The maximum atomic E-state index is 9.52. The second-order valence-electron chi connectivity index (χ2n) is 6.41. The van der Waals surface area contributed by atoms with Crippen LogP contribution in [0.4, 0.5) is 5.82 Å². The van der Waals surface area contributed by atoms with Crippen molar-refractivity contribution in [1.29, 1.82) is 5.26 Å². The van der Waals surface area contributed by atoms with Crippen molar-refractivity contribution in [3.63, 3.8) is 0 Å². The fourth-order valence-corrected chi connectivity index (χ4v) is 3.63. The van der Waals surface area contributed by atoms with Crippen molar-refractivity contribution in [3.05, 3.63) is 42.1 Å². The Hall–Kier alpha value is -3.20. The maximum absolute atomic E-state index is 9.52. The summed E-state index contributed by atoms with van der Waals surface area (Å²) < 4.78 is 1.96. The van der Waals surface area contributed by atoms with E-state index < -0.39 is 0 Å². The van der Waals surface area contributed by atoms with E-state index in [1.807, 2.05) is 34.9 Å². The van der Waals surface area contributed by atoms with E-state index in [9.17, 15) is 5.26 Å². The van der Waals surface area contributed by atoms with Crippen molar-refractivity contribution in [1.82, 2.24) is 19.4 Å². The van der Waals surface area contributed by atoms with Gasteiger partial charge in [0.25, 0.3) is 0 Å². The predicted molar refractivity (Wildman–Crippen MR) is 96.6 cm³/mol. The number of hydrogen-bond donors (Lipinski definition) is 0. The van der Waals surface area contributed by atoms with E-state index in [0.717, 1.165) is 35.6 Å². The summed E-state index contributed by atoms with van der Waals surface area (Å²) in [5, 5.41) is 9.52. The molecule has 4 aromatic rings. The Bertz CT molecular complexity index is 1150. The van der Waals surface area contributed by atoms with Crippen LogP contribution in [0.2, 0.25) is 0 Å². The summed E-state index contributed by atoms with van der Waals surface area (Å²) in [7, 11) is 0. The average Bonchev–Trinajstić information content (AvgIpc) is 3.07. The smallest absolute Gasteiger partial charge is 0.167 e. The molecule has 4 heterocycles. The molecule has 0 saturated carbocycles. The maximum Gasteiger partial charge on any atom is 0.167 e. The Kier molecular flexibility index (Phi) is 3.07. The molecule has 122 valence electrons. The molecule has 1 aromatic carbocycles. The zero-order valence-corrected chi connectivity index (χ0v) is 13.7. The Morgan fingerprint density at radius 2 is 1.80 bits per heavy atom. The SMILES string of the molecule is N#Cc1cc2ncc(N3CCCCC3)nc2n2c1nc1ccccc12. The van der Waals surface area contributed by atoms with Crippen LogP contribution in [0.5, 0.6) is 0 Å². The number of piperidine rings is 1. The molecule has 0 amide bonds. The Labute approximate surface area is 144 Å². The van der Waals surface area contributed by atoms with Gasteiger partial charge in [0.05, 0.1) is 22.8 Å². The number of benzene rings is 1. The molecular formula is C19H16N6. The average molecular weight is 328 g/mol. The molecule has 0 radical (unpaired) electrons. The highest BCUT2D eigenvalue weighted by molar-refractivity contribution is 5.90. The van der Waals surface area contributed by atoms with Gasteiger partial charge in [-0.2, -0.15) is 5.26 Å². The summed E-state index contributed by atoms with van der Waals surface area (Å²) >= 11 is 0. The lowest BCUT2D eigenvalue weighted by molar-refractivity contribution is 0.573. The first-order chi connectivity index (χ1) is 12.3. The van der Waals surface area contributed by atoms with Crippen LogP contribution in [0.1, 0.15) is 24.8 Å². The van der Waals surface area contributed by atoms with E-state index in [2.05, 4.69) is 20.9 Å². The molecule has 3 aromatic heterocycles. The Morgan fingerprint density at radius 3 is 2.64 bits per heavy atom. The standard InChI is InChI=1S/C19H16N6/c20-11-13-10-15-19(23-17(12-21-15)24-8-4-1-5-9-24)25-16-7-3-2-6-14(16)22-18(13)25/h2-3,6-7,10,12H,1,4-5,8-9H2. The van der Waals surface area contributed by atoms with Gasteiger partial charge in [-0.3, -0.25) is 4.40 Å². The number of imidazole rings is 1. The zero-order valence-electron chi connectivity index (χ0n) is 13.7. The van der Waals surface area contributed by atoms with Crippen molar-refractivity contribution in [3.8, 4) is 6.07 Å². The van der Waals surface area contributed by atoms with Gasteiger partial charge in [-0.1, -0.05) is 12.1 Å². The van der Waals surface area contributed by atoms with Crippen molar-refractivity contribution in [2.24, 2.45) is 0 Å². The number of pyridine rings is 1. The van der Waals surface area contributed by atoms with Crippen LogP contribution in [0.3, 0.4) is 0 Å². The van der Waals surface area contributed by atoms with E-state index >= 15 is 0 Å². The number of anilines is 1. The quantitative estimate of drug-likeness (QED) is 0.536. The highest BCUT2D eigenvalue weighted by Crippen LogP contribution is 2.26. The highest BCUT2D eigenvalue weighted by Gasteiger charge is 2.17. The van der Waals surface area contributed by atoms with Gasteiger partial charge in [0, 0.05) is 13.1 Å². The van der Waals surface area contributed by atoms with Crippen molar-refractivity contribution in [2.45, 2.75) is 19.3 Å². The second-order valence-corrected chi connectivity index (χ2v) is 6.41. The molecule has 0 unspecified atom stereocenters. The first kappa shape index (κ1) is 14.2. The van der Waals surface area contributed by atoms with Crippen molar-refractivity contribution >= 4 is 33.7 Å². The summed E-state index contributed by atoms with van der Waals surface area (Å²) in [5.41, 5.74) is 4.44. The number of nitriles is 1. The van der Waals surface area contributed by atoms with Gasteiger partial charge in [-0.05, 0) is 37.5 Å². The van der Waals surface area contributed by atoms with Gasteiger partial charge in [-0.15, -0.1) is 0 Å². The largest absolute Gasteiger partial charge is 0.355 e. The molecule has 6 heteroatoms. The monoisotopic (exact) mass is 328 g/mol. The third kappa shape index (κ3) is 2.13. The minimum Gasteiger partial charge on any atom is -0.355 e. The summed E-state index contributed by atoms with van der Waals surface area (Å²) in [4.78, 5) is 16.4. The molecule has 1 aliphatic heterocycles. The minimum absolute atomic E-state index is 0.517.